The van der Waals surface area contributed by atoms with E-state index in [-0.39, 0.29) is 40.3 Å². The lowest BCUT2D eigenvalue weighted by Crippen LogP contribution is -2.25. The minimum Gasteiger partial charge on any atom is -0.351 e. The van der Waals surface area contributed by atoms with Crippen LogP contribution >= 0.6 is 11.8 Å². The molecule has 0 spiro atoms. The number of hydrogen-bond acceptors (Lipinski definition) is 6. The van der Waals surface area contributed by atoms with E-state index in [1.54, 1.807) is 37.3 Å². The number of halogens is 1. The van der Waals surface area contributed by atoms with Gasteiger partial charge in [-0.05, 0) is 31.4 Å². The molecule has 1 N–H and O–H groups in total. The third-order valence-electron chi connectivity index (χ3n) is 4.88. The lowest BCUT2D eigenvalue weighted by molar-refractivity contribution is 0.612. The number of rotatable bonds is 5. The second-order valence-electron chi connectivity index (χ2n) is 6.77. The highest BCUT2D eigenvalue weighted by atomic mass is 32.2. The fourth-order valence-corrected chi connectivity index (χ4v) is 3.97. The summed E-state index contributed by atoms with van der Waals surface area (Å²) >= 11 is 1.32. The van der Waals surface area contributed by atoms with Gasteiger partial charge in [-0.25, -0.2) is 18.9 Å². The van der Waals surface area contributed by atoms with Gasteiger partial charge in [0.05, 0.1) is 16.8 Å². The molecule has 0 saturated carbocycles. The SMILES string of the molecule is CSc1nc(C)c2c(=O)n(-c3ccccc3)c(NCc3ccccc3F)nc2c1C#N. The van der Waals surface area contributed by atoms with Crippen LogP contribution < -0.4 is 10.9 Å². The Morgan fingerprint density at radius 3 is 2.52 bits per heavy atom. The highest BCUT2D eigenvalue weighted by Crippen LogP contribution is 2.27. The molecule has 2 aromatic heterocycles. The highest BCUT2D eigenvalue weighted by Gasteiger charge is 2.20. The average Bonchev–Trinajstić information content (AvgIpc) is 2.78. The molecule has 8 heteroatoms. The smallest absolute Gasteiger partial charge is 0.269 e. The van der Waals surface area contributed by atoms with Crippen LogP contribution in [0.2, 0.25) is 0 Å². The third kappa shape index (κ3) is 3.76. The van der Waals surface area contributed by atoms with E-state index in [0.717, 1.165) is 0 Å². The first-order valence-corrected chi connectivity index (χ1v) is 10.7. The van der Waals surface area contributed by atoms with Crippen molar-refractivity contribution >= 4 is 28.6 Å². The Morgan fingerprint density at radius 1 is 1.13 bits per heavy atom. The molecule has 6 nitrogen and oxygen atoms in total. The fraction of sp³-hybridized carbons (Fsp3) is 0.130. The quantitative estimate of drug-likeness (QED) is 0.471. The molecule has 31 heavy (non-hydrogen) atoms. The van der Waals surface area contributed by atoms with Gasteiger partial charge in [0.25, 0.3) is 5.56 Å². The lowest BCUT2D eigenvalue weighted by Gasteiger charge is -2.17. The van der Waals surface area contributed by atoms with Crippen LogP contribution in [0.15, 0.2) is 64.4 Å². The van der Waals surface area contributed by atoms with E-state index in [2.05, 4.69) is 21.4 Å². The first-order chi connectivity index (χ1) is 15.0. The lowest BCUT2D eigenvalue weighted by atomic mass is 10.1. The van der Waals surface area contributed by atoms with Gasteiger partial charge in [-0.15, -0.1) is 11.8 Å². The average molecular weight is 431 g/mol. The number of anilines is 1. The van der Waals surface area contributed by atoms with Gasteiger partial charge in [0.2, 0.25) is 5.95 Å². The Balaban J connectivity index is 1.99. The van der Waals surface area contributed by atoms with Crippen molar-refractivity contribution in [1.82, 2.24) is 14.5 Å². The predicted octanol–water partition coefficient (Wildman–Crippen LogP) is 4.43. The number of pyridine rings is 1. The summed E-state index contributed by atoms with van der Waals surface area (Å²) in [5, 5.41) is 13.6. The summed E-state index contributed by atoms with van der Waals surface area (Å²) in [6.07, 6.45) is 1.82. The molecule has 0 unspecified atom stereocenters. The van der Waals surface area contributed by atoms with Gasteiger partial charge in [-0.3, -0.25) is 4.79 Å². The maximum absolute atomic E-state index is 14.1. The standard InChI is InChI=1S/C23H18FN5OS/c1-14-19-20(17(12-25)21(27-14)31-2)28-23(26-13-15-8-6-7-11-18(15)24)29(22(19)30)16-9-4-3-5-10-16/h3-11H,13H2,1-2H3,(H,26,28). The third-order valence-corrected chi connectivity index (χ3v) is 5.56. The molecule has 0 radical (unpaired) electrons. The molecule has 4 rings (SSSR count). The Bertz CT molecular complexity index is 1380. The summed E-state index contributed by atoms with van der Waals surface area (Å²) in [7, 11) is 0. The molecule has 0 aliphatic rings. The maximum atomic E-state index is 14.1. The van der Waals surface area contributed by atoms with E-state index in [0.29, 0.717) is 22.0 Å². The molecule has 154 valence electrons. The summed E-state index contributed by atoms with van der Waals surface area (Å²) in [5.74, 6) is -0.132. The highest BCUT2D eigenvalue weighted by molar-refractivity contribution is 7.98. The van der Waals surface area contributed by atoms with Crippen LogP contribution in [0, 0.1) is 24.1 Å². The zero-order chi connectivity index (χ0) is 22.0. The normalized spacial score (nSPS) is 10.8. The van der Waals surface area contributed by atoms with Gasteiger partial charge in [0.1, 0.15) is 28.0 Å². The van der Waals surface area contributed by atoms with Crippen LogP contribution in [-0.2, 0) is 6.54 Å². The van der Waals surface area contributed by atoms with Crippen LogP contribution in [0.3, 0.4) is 0 Å². The van der Waals surface area contributed by atoms with Gasteiger partial charge in [-0.2, -0.15) is 5.26 Å². The molecule has 0 atom stereocenters. The molecular weight excluding hydrogens is 413 g/mol. The minimum atomic E-state index is -0.355. The molecule has 0 aliphatic heterocycles. The molecular formula is C23H18FN5OS. The number of hydrogen-bond donors (Lipinski definition) is 1. The molecule has 4 aromatic rings. The summed E-state index contributed by atoms with van der Waals surface area (Å²) in [5.41, 5.74) is 1.73. The number of para-hydroxylation sites is 1. The van der Waals surface area contributed by atoms with E-state index in [1.165, 1.54) is 22.4 Å². The second-order valence-corrected chi connectivity index (χ2v) is 7.57. The molecule has 0 amide bonds. The van der Waals surface area contributed by atoms with Crippen molar-refractivity contribution in [2.75, 3.05) is 11.6 Å². The monoisotopic (exact) mass is 431 g/mol. The number of thioether (sulfide) groups is 1. The number of aromatic nitrogens is 3. The van der Waals surface area contributed by atoms with E-state index >= 15 is 0 Å². The summed E-state index contributed by atoms with van der Waals surface area (Å²) in [6.45, 7) is 1.85. The van der Waals surface area contributed by atoms with Crippen LogP contribution in [0.25, 0.3) is 16.6 Å². The molecule has 2 heterocycles. The Labute approximate surface area is 182 Å². The second kappa shape index (κ2) is 8.58. The molecule has 0 aliphatic carbocycles. The van der Waals surface area contributed by atoms with Crippen LogP contribution in [0.5, 0.6) is 0 Å². The van der Waals surface area contributed by atoms with Crippen molar-refractivity contribution in [3.05, 3.63) is 87.6 Å². The van der Waals surface area contributed by atoms with Crippen molar-refractivity contribution < 1.29 is 4.39 Å². The topological polar surface area (TPSA) is 83.6 Å². The fourth-order valence-electron chi connectivity index (χ4n) is 3.39. The van der Waals surface area contributed by atoms with Crippen molar-refractivity contribution in [2.24, 2.45) is 0 Å². The summed E-state index contributed by atoms with van der Waals surface area (Å²) < 4.78 is 15.6. The van der Waals surface area contributed by atoms with Gasteiger partial charge in [0.15, 0.2) is 0 Å². The molecule has 0 bridgehead atoms. The van der Waals surface area contributed by atoms with Crippen LogP contribution in [0.4, 0.5) is 10.3 Å². The van der Waals surface area contributed by atoms with Crippen LogP contribution in [0.1, 0.15) is 16.8 Å². The summed E-state index contributed by atoms with van der Waals surface area (Å²) in [4.78, 5) is 22.7. The van der Waals surface area contributed by atoms with Gasteiger partial charge < -0.3 is 5.32 Å². The zero-order valence-corrected chi connectivity index (χ0v) is 17.7. The number of aryl methyl sites for hydroxylation is 1. The van der Waals surface area contributed by atoms with E-state index in [1.807, 2.05) is 24.5 Å². The first kappa shape index (κ1) is 20.6. The summed E-state index contributed by atoms with van der Waals surface area (Å²) in [6, 6.07) is 17.6. The maximum Gasteiger partial charge on any atom is 0.269 e. The number of nitrogens with one attached hydrogen (secondary N) is 1. The van der Waals surface area contributed by atoms with E-state index < -0.39 is 0 Å². The molecule has 0 fully saturated rings. The Hall–Kier alpha value is -3.70. The van der Waals surface area contributed by atoms with Crippen molar-refractivity contribution in [3.63, 3.8) is 0 Å². The number of nitrogens with zero attached hydrogens (tertiary/aromatic N) is 4. The predicted molar refractivity (Wildman–Crippen MR) is 120 cm³/mol. The van der Waals surface area contributed by atoms with Gasteiger partial charge >= 0.3 is 0 Å². The Morgan fingerprint density at radius 2 is 1.84 bits per heavy atom. The Kier molecular flexibility index (Phi) is 5.69. The molecule has 0 saturated heterocycles. The number of benzene rings is 2. The largest absolute Gasteiger partial charge is 0.351 e. The minimum absolute atomic E-state index is 0.124. The molecule has 2 aromatic carbocycles. The van der Waals surface area contributed by atoms with E-state index in [9.17, 15) is 14.4 Å². The number of fused-ring (bicyclic) bond motifs is 1. The van der Waals surface area contributed by atoms with Gasteiger partial charge in [-0.1, -0.05) is 36.4 Å². The number of nitriles is 1. The van der Waals surface area contributed by atoms with Crippen LogP contribution in [-0.4, -0.2) is 20.8 Å². The van der Waals surface area contributed by atoms with E-state index in [4.69, 9.17) is 0 Å². The van der Waals surface area contributed by atoms with Crippen molar-refractivity contribution in [1.29, 1.82) is 5.26 Å². The van der Waals surface area contributed by atoms with Crippen molar-refractivity contribution in [2.45, 2.75) is 18.5 Å². The van der Waals surface area contributed by atoms with Crippen molar-refractivity contribution in [3.8, 4) is 11.8 Å². The zero-order valence-electron chi connectivity index (χ0n) is 16.9. The first-order valence-electron chi connectivity index (χ1n) is 9.49. The van der Waals surface area contributed by atoms with Gasteiger partial charge in [0, 0.05) is 12.1 Å².